The van der Waals surface area contributed by atoms with E-state index in [9.17, 15) is 14.4 Å². The molecule has 0 bridgehead atoms. The number of amides is 2. The summed E-state index contributed by atoms with van der Waals surface area (Å²) in [6.07, 6.45) is 0. The van der Waals surface area contributed by atoms with Gasteiger partial charge in [-0.25, -0.2) is 4.79 Å². The average molecular weight is 279 g/mol. The van der Waals surface area contributed by atoms with E-state index in [0.29, 0.717) is 0 Å². The van der Waals surface area contributed by atoms with Gasteiger partial charge in [0.15, 0.2) is 0 Å². The Morgan fingerprint density at radius 3 is 2.55 bits per heavy atom. The molecule has 7 nitrogen and oxygen atoms in total. The van der Waals surface area contributed by atoms with Crippen LogP contribution in [0.4, 0.5) is 0 Å². The molecule has 2 amide bonds. The standard InChI is InChI=1S/C13H13NO6/c15-11-7-19-8-12(16)14(11)5-6-20-10-4-2-1-3-9(10)13(17)18/h1-4H,5-8H2,(H,17,18). The molecular formula is C13H13NO6. The van der Waals surface area contributed by atoms with Gasteiger partial charge in [-0.15, -0.1) is 0 Å². The van der Waals surface area contributed by atoms with Gasteiger partial charge in [-0.2, -0.15) is 0 Å². The Labute approximate surface area is 114 Å². The molecule has 0 spiro atoms. The summed E-state index contributed by atoms with van der Waals surface area (Å²) in [4.78, 5) is 34.9. The van der Waals surface area contributed by atoms with Gasteiger partial charge in [0.25, 0.3) is 11.8 Å². The summed E-state index contributed by atoms with van der Waals surface area (Å²) in [6, 6.07) is 6.17. The Hall–Kier alpha value is -2.41. The normalized spacial score (nSPS) is 15.3. The number of imide groups is 1. The highest BCUT2D eigenvalue weighted by atomic mass is 16.5. The number of hydrogen-bond acceptors (Lipinski definition) is 5. The van der Waals surface area contributed by atoms with Gasteiger partial charge in [0.2, 0.25) is 0 Å². The van der Waals surface area contributed by atoms with Gasteiger partial charge < -0.3 is 14.6 Å². The minimum Gasteiger partial charge on any atom is -0.491 e. The predicted molar refractivity (Wildman–Crippen MR) is 66.4 cm³/mol. The van der Waals surface area contributed by atoms with Crippen molar-refractivity contribution in [2.45, 2.75) is 0 Å². The van der Waals surface area contributed by atoms with Crippen molar-refractivity contribution in [2.75, 3.05) is 26.4 Å². The van der Waals surface area contributed by atoms with E-state index in [1.165, 1.54) is 12.1 Å². The second kappa shape index (κ2) is 6.16. The summed E-state index contributed by atoms with van der Waals surface area (Å²) in [5.41, 5.74) is 0.0344. The molecule has 0 atom stereocenters. The fourth-order valence-corrected chi connectivity index (χ4v) is 1.79. The third-order valence-electron chi connectivity index (χ3n) is 2.74. The molecule has 1 aromatic rings. The lowest BCUT2D eigenvalue weighted by Crippen LogP contribution is -2.47. The van der Waals surface area contributed by atoms with E-state index in [-0.39, 0.29) is 37.7 Å². The minimum atomic E-state index is -1.10. The van der Waals surface area contributed by atoms with Crippen LogP contribution in [0.1, 0.15) is 10.4 Å². The van der Waals surface area contributed by atoms with Gasteiger partial charge in [-0.3, -0.25) is 14.5 Å². The molecule has 1 N–H and O–H groups in total. The van der Waals surface area contributed by atoms with Gasteiger partial charge >= 0.3 is 5.97 Å². The van der Waals surface area contributed by atoms with Crippen molar-refractivity contribution < 1.29 is 29.0 Å². The first kappa shape index (κ1) is 14.0. The Morgan fingerprint density at radius 2 is 1.90 bits per heavy atom. The van der Waals surface area contributed by atoms with Gasteiger partial charge in [0, 0.05) is 0 Å². The number of carbonyl (C=O) groups excluding carboxylic acids is 2. The van der Waals surface area contributed by atoms with E-state index in [1.807, 2.05) is 0 Å². The summed E-state index contributed by atoms with van der Waals surface area (Å²) in [7, 11) is 0. The molecule has 0 radical (unpaired) electrons. The number of benzene rings is 1. The van der Waals surface area contributed by atoms with Crippen molar-refractivity contribution in [3.8, 4) is 5.75 Å². The maximum absolute atomic E-state index is 11.5. The van der Waals surface area contributed by atoms with Gasteiger partial charge in [-0.05, 0) is 12.1 Å². The first-order chi connectivity index (χ1) is 9.59. The van der Waals surface area contributed by atoms with E-state index in [0.717, 1.165) is 4.90 Å². The Morgan fingerprint density at radius 1 is 1.25 bits per heavy atom. The van der Waals surface area contributed by atoms with Crippen molar-refractivity contribution >= 4 is 17.8 Å². The molecule has 1 aliphatic heterocycles. The van der Waals surface area contributed by atoms with E-state index < -0.39 is 17.8 Å². The number of morpholine rings is 1. The summed E-state index contributed by atoms with van der Waals surface area (Å²) < 4.78 is 10.1. The van der Waals surface area contributed by atoms with Crippen molar-refractivity contribution in [2.24, 2.45) is 0 Å². The molecule has 1 fully saturated rings. The second-order valence-electron chi connectivity index (χ2n) is 4.08. The van der Waals surface area contributed by atoms with Crippen LogP contribution < -0.4 is 4.74 Å². The van der Waals surface area contributed by atoms with E-state index in [1.54, 1.807) is 12.1 Å². The van der Waals surface area contributed by atoms with Crippen molar-refractivity contribution in [3.05, 3.63) is 29.8 Å². The van der Waals surface area contributed by atoms with Crippen molar-refractivity contribution in [1.29, 1.82) is 0 Å². The smallest absolute Gasteiger partial charge is 0.339 e. The fraction of sp³-hybridized carbons (Fsp3) is 0.308. The summed E-state index contributed by atoms with van der Waals surface area (Å²) in [5, 5.41) is 8.98. The lowest BCUT2D eigenvalue weighted by molar-refractivity contribution is -0.158. The first-order valence-electron chi connectivity index (χ1n) is 5.95. The molecule has 0 saturated carbocycles. The highest BCUT2D eigenvalue weighted by Crippen LogP contribution is 2.17. The van der Waals surface area contributed by atoms with Crippen molar-refractivity contribution in [3.63, 3.8) is 0 Å². The van der Waals surface area contributed by atoms with Gasteiger partial charge in [0.05, 0.1) is 6.54 Å². The number of aromatic carboxylic acids is 1. The van der Waals surface area contributed by atoms with E-state index >= 15 is 0 Å². The maximum atomic E-state index is 11.5. The third-order valence-corrected chi connectivity index (χ3v) is 2.74. The van der Waals surface area contributed by atoms with Crippen LogP contribution in [0.25, 0.3) is 0 Å². The molecule has 0 unspecified atom stereocenters. The zero-order chi connectivity index (χ0) is 14.5. The van der Waals surface area contributed by atoms with Crippen LogP contribution in [0, 0.1) is 0 Å². The number of carboxylic acid groups (broad SMARTS) is 1. The number of rotatable bonds is 5. The SMILES string of the molecule is O=C(O)c1ccccc1OCCN1C(=O)COCC1=O. The van der Waals surface area contributed by atoms with Crippen LogP contribution in [0.5, 0.6) is 5.75 Å². The Kier molecular flexibility index (Phi) is 4.31. The zero-order valence-electron chi connectivity index (χ0n) is 10.6. The first-order valence-corrected chi connectivity index (χ1v) is 5.95. The predicted octanol–water partition coefficient (Wildman–Crippen LogP) is 0.149. The molecule has 0 aliphatic carbocycles. The minimum absolute atomic E-state index is 0.0295. The largest absolute Gasteiger partial charge is 0.491 e. The lowest BCUT2D eigenvalue weighted by atomic mass is 10.2. The molecule has 1 aromatic carbocycles. The highest BCUT2D eigenvalue weighted by Gasteiger charge is 2.26. The Bertz CT molecular complexity index is 525. The number of nitrogens with zero attached hydrogens (tertiary/aromatic N) is 1. The molecule has 2 rings (SSSR count). The van der Waals surface area contributed by atoms with Crippen LogP contribution in [-0.4, -0.2) is 54.2 Å². The van der Waals surface area contributed by atoms with E-state index in [4.69, 9.17) is 14.6 Å². The fourth-order valence-electron chi connectivity index (χ4n) is 1.79. The molecule has 0 aromatic heterocycles. The number of hydrogen-bond donors (Lipinski definition) is 1. The summed E-state index contributed by atoms with van der Waals surface area (Å²) in [6.45, 7) is -0.161. The van der Waals surface area contributed by atoms with E-state index in [2.05, 4.69) is 0 Å². The highest BCUT2D eigenvalue weighted by molar-refractivity contribution is 5.98. The molecular weight excluding hydrogens is 266 g/mol. The molecule has 106 valence electrons. The number of carbonyl (C=O) groups is 3. The van der Waals surface area contributed by atoms with Crippen LogP contribution in [-0.2, 0) is 14.3 Å². The van der Waals surface area contributed by atoms with Crippen LogP contribution in [0.15, 0.2) is 24.3 Å². The molecule has 20 heavy (non-hydrogen) atoms. The maximum Gasteiger partial charge on any atom is 0.339 e. The zero-order valence-corrected chi connectivity index (χ0v) is 10.6. The average Bonchev–Trinajstić information content (AvgIpc) is 2.42. The molecule has 7 heteroatoms. The Balaban J connectivity index is 1.94. The number of carboxylic acids is 1. The molecule has 1 saturated heterocycles. The monoisotopic (exact) mass is 279 g/mol. The van der Waals surface area contributed by atoms with Crippen LogP contribution >= 0.6 is 0 Å². The molecule has 1 heterocycles. The summed E-state index contributed by atoms with van der Waals surface area (Å²) >= 11 is 0. The second-order valence-corrected chi connectivity index (χ2v) is 4.08. The molecule has 1 aliphatic rings. The third kappa shape index (κ3) is 3.12. The van der Waals surface area contributed by atoms with Crippen LogP contribution in [0.3, 0.4) is 0 Å². The van der Waals surface area contributed by atoms with Gasteiger partial charge in [0.1, 0.15) is 31.1 Å². The summed E-state index contributed by atoms with van der Waals surface area (Å²) in [5.74, 6) is -1.74. The number of ether oxygens (including phenoxy) is 2. The van der Waals surface area contributed by atoms with Crippen LogP contribution in [0.2, 0.25) is 0 Å². The lowest BCUT2D eigenvalue weighted by Gasteiger charge is -2.24. The van der Waals surface area contributed by atoms with Gasteiger partial charge in [-0.1, -0.05) is 12.1 Å². The number of para-hydroxylation sites is 1. The quantitative estimate of drug-likeness (QED) is 0.771. The van der Waals surface area contributed by atoms with Crippen molar-refractivity contribution in [1.82, 2.24) is 4.90 Å². The topological polar surface area (TPSA) is 93.1 Å².